The first-order valence-corrected chi connectivity index (χ1v) is 5.02. The first-order chi connectivity index (χ1) is 6.22. The number of imide groups is 1. The van der Waals surface area contributed by atoms with E-state index in [9.17, 15) is 9.59 Å². The van der Waals surface area contributed by atoms with E-state index in [1.807, 2.05) is 0 Å². The molecule has 2 heterocycles. The average Bonchev–Trinajstić information content (AvgIpc) is 2.75. The second kappa shape index (κ2) is 5.34. The molecule has 2 fully saturated rings. The Kier molecular flexibility index (Phi) is 4.38. The van der Waals surface area contributed by atoms with E-state index in [-0.39, 0.29) is 11.8 Å². The zero-order valence-corrected chi connectivity index (χ0v) is 8.88. The van der Waals surface area contributed by atoms with Gasteiger partial charge in [0.05, 0.1) is 16.1 Å². The van der Waals surface area contributed by atoms with Gasteiger partial charge in [-0.3, -0.25) is 9.59 Å². The van der Waals surface area contributed by atoms with Crippen LogP contribution < -0.4 is 0 Å². The van der Waals surface area contributed by atoms with Crippen LogP contribution in [-0.4, -0.2) is 29.0 Å². The number of hydrogen-bond acceptors (Lipinski definition) is 3. The standard InChI is InChI=1S/C4H4BrNO2.C4H8O/c5-6-3(7)1-2-4(6)8;1-2-4-5-3-1/h1-2H2;1-4H2. The Balaban J connectivity index is 0.000000145. The summed E-state index contributed by atoms with van der Waals surface area (Å²) in [6, 6.07) is 0. The third-order valence-corrected chi connectivity index (χ3v) is 2.61. The van der Waals surface area contributed by atoms with E-state index in [0.29, 0.717) is 12.8 Å². The Bertz CT molecular complexity index is 180. The maximum absolute atomic E-state index is 10.4. The van der Waals surface area contributed by atoms with Crippen molar-refractivity contribution in [2.45, 2.75) is 25.7 Å². The number of carbonyl (C=O) groups is 2. The minimum Gasteiger partial charge on any atom is -0.381 e. The summed E-state index contributed by atoms with van der Waals surface area (Å²) in [6.07, 6.45) is 3.26. The van der Waals surface area contributed by atoms with Crippen molar-refractivity contribution in [2.75, 3.05) is 13.2 Å². The molecule has 2 rings (SSSR count). The Hall–Kier alpha value is -0.420. The molecule has 0 saturated carbocycles. The van der Waals surface area contributed by atoms with Crippen LogP contribution in [0.2, 0.25) is 0 Å². The summed E-state index contributed by atoms with van der Waals surface area (Å²) in [6.45, 7) is 2.00. The van der Waals surface area contributed by atoms with E-state index in [1.165, 1.54) is 12.8 Å². The highest BCUT2D eigenvalue weighted by Gasteiger charge is 2.26. The highest BCUT2D eigenvalue weighted by molar-refractivity contribution is 9.08. The zero-order chi connectivity index (χ0) is 9.68. The number of nitrogens with zero attached hydrogens (tertiary/aromatic N) is 1. The smallest absolute Gasteiger partial charge is 0.239 e. The molecule has 4 nitrogen and oxygen atoms in total. The monoisotopic (exact) mass is 249 g/mol. The molecular weight excluding hydrogens is 238 g/mol. The highest BCUT2D eigenvalue weighted by atomic mass is 79.9. The molecule has 0 aromatic rings. The molecule has 0 aromatic heterocycles. The van der Waals surface area contributed by atoms with Gasteiger partial charge in [0, 0.05) is 26.1 Å². The van der Waals surface area contributed by atoms with Gasteiger partial charge in [-0.1, -0.05) is 0 Å². The Morgan fingerprint density at radius 1 is 1.08 bits per heavy atom. The van der Waals surface area contributed by atoms with Crippen molar-refractivity contribution in [2.24, 2.45) is 0 Å². The SMILES string of the molecule is C1CCOC1.O=C1CCC(=O)N1Br. The quantitative estimate of drug-likeness (QED) is 0.480. The van der Waals surface area contributed by atoms with E-state index in [1.54, 1.807) is 0 Å². The van der Waals surface area contributed by atoms with Crippen LogP contribution in [0.15, 0.2) is 0 Å². The Morgan fingerprint density at radius 2 is 1.54 bits per heavy atom. The third kappa shape index (κ3) is 3.44. The molecule has 2 amide bonds. The van der Waals surface area contributed by atoms with Gasteiger partial charge in [-0.15, -0.1) is 0 Å². The summed E-state index contributed by atoms with van der Waals surface area (Å²) < 4.78 is 5.92. The predicted molar refractivity (Wildman–Crippen MR) is 50.1 cm³/mol. The maximum atomic E-state index is 10.4. The van der Waals surface area contributed by atoms with Crippen LogP contribution in [0, 0.1) is 0 Å². The lowest BCUT2D eigenvalue weighted by Crippen LogP contribution is -2.16. The second-order valence-electron chi connectivity index (χ2n) is 2.89. The fraction of sp³-hybridized carbons (Fsp3) is 0.750. The van der Waals surface area contributed by atoms with Gasteiger partial charge in [0.25, 0.3) is 0 Å². The van der Waals surface area contributed by atoms with Crippen molar-refractivity contribution < 1.29 is 14.3 Å². The summed E-state index contributed by atoms with van der Waals surface area (Å²) in [7, 11) is 0. The first kappa shape index (κ1) is 10.7. The summed E-state index contributed by atoms with van der Waals surface area (Å²) in [4.78, 5) is 20.9. The molecule has 2 saturated heterocycles. The summed E-state index contributed by atoms with van der Waals surface area (Å²) in [5.41, 5.74) is 0. The van der Waals surface area contributed by atoms with Crippen LogP contribution in [0.3, 0.4) is 0 Å². The van der Waals surface area contributed by atoms with Gasteiger partial charge in [-0.25, -0.2) is 3.93 Å². The fourth-order valence-electron chi connectivity index (χ4n) is 1.06. The molecular formula is C8H12BrNO3. The van der Waals surface area contributed by atoms with Crippen LogP contribution in [0.5, 0.6) is 0 Å². The number of ether oxygens (including phenoxy) is 1. The molecule has 0 unspecified atom stereocenters. The molecule has 0 N–H and O–H groups in total. The number of carbonyl (C=O) groups excluding carboxylic acids is 2. The Morgan fingerprint density at radius 3 is 1.69 bits per heavy atom. The molecule has 0 aliphatic carbocycles. The van der Waals surface area contributed by atoms with Crippen LogP contribution in [0.25, 0.3) is 0 Å². The van der Waals surface area contributed by atoms with Crippen LogP contribution in [0.4, 0.5) is 0 Å². The van der Waals surface area contributed by atoms with Crippen molar-refractivity contribution >= 4 is 28.0 Å². The molecule has 2 aliphatic heterocycles. The van der Waals surface area contributed by atoms with Crippen LogP contribution >= 0.6 is 16.1 Å². The lowest BCUT2D eigenvalue weighted by molar-refractivity contribution is -0.131. The van der Waals surface area contributed by atoms with Gasteiger partial charge in [0.15, 0.2) is 0 Å². The van der Waals surface area contributed by atoms with E-state index >= 15 is 0 Å². The molecule has 5 heteroatoms. The van der Waals surface area contributed by atoms with Gasteiger partial charge in [-0.2, -0.15) is 0 Å². The molecule has 0 bridgehead atoms. The van der Waals surface area contributed by atoms with Crippen molar-refractivity contribution in [1.82, 2.24) is 3.93 Å². The van der Waals surface area contributed by atoms with Crippen molar-refractivity contribution in [3.05, 3.63) is 0 Å². The fourth-order valence-corrected chi connectivity index (χ4v) is 1.41. The molecule has 0 atom stereocenters. The van der Waals surface area contributed by atoms with Gasteiger partial charge in [-0.05, 0) is 12.8 Å². The normalized spacial score (nSPS) is 21.8. The lowest BCUT2D eigenvalue weighted by Gasteiger charge is -1.97. The van der Waals surface area contributed by atoms with Crippen molar-refractivity contribution in [3.8, 4) is 0 Å². The van der Waals surface area contributed by atoms with Gasteiger partial charge < -0.3 is 4.74 Å². The van der Waals surface area contributed by atoms with Crippen LogP contribution in [0.1, 0.15) is 25.7 Å². The summed E-state index contributed by atoms with van der Waals surface area (Å²) >= 11 is 2.80. The van der Waals surface area contributed by atoms with Crippen molar-refractivity contribution in [3.63, 3.8) is 0 Å². The highest BCUT2D eigenvalue weighted by Crippen LogP contribution is 2.14. The summed E-state index contributed by atoms with van der Waals surface area (Å²) in [5, 5.41) is 0. The molecule has 2 aliphatic rings. The number of amides is 2. The average molecular weight is 250 g/mol. The third-order valence-electron chi connectivity index (χ3n) is 1.82. The maximum Gasteiger partial charge on any atom is 0.239 e. The van der Waals surface area contributed by atoms with E-state index in [2.05, 4.69) is 16.1 Å². The van der Waals surface area contributed by atoms with Crippen LogP contribution in [-0.2, 0) is 14.3 Å². The molecule has 0 aromatic carbocycles. The van der Waals surface area contributed by atoms with Gasteiger partial charge in [0.1, 0.15) is 0 Å². The largest absolute Gasteiger partial charge is 0.381 e. The molecule has 0 spiro atoms. The zero-order valence-electron chi connectivity index (χ0n) is 7.29. The first-order valence-electron chi connectivity index (χ1n) is 4.31. The molecule has 0 radical (unpaired) electrons. The molecule has 13 heavy (non-hydrogen) atoms. The minimum absolute atomic E-state index is 0.144. The van der Waals surface area contributed by atoms with Gasteiger partial charge in [0.2, 0.25) is 11.8 Å². The van der Waals surface area contributed by atoms with E-state index in [0.717, 1.165) is 17.1 Å². The number of rotatable bonds is 0. The Labute approximate surface area is 85.6 Å². The lowest BCUT2D eigenvalue weighted by atomic mass is 10.4. The number of halogens is 1. The minimum atomic E-state index is -0.144. The van der Waals surface area contributed by atoms with Gasteiger partial charge >= 0.3 is 0 Å². The topological polar surface area (TPSA) is 46.6 Å². The summed E-state index contributed by atoms with van der Waals surface area (Å²) in [5.74, 6) is -0.287. The van der Waals surface area contributed by atoms with Crippen molar-refractivity contribution in [1.29, 1.82) is 0 Å². The predicted octanol–water partition coefficient (Wildman–Crippen LogP) is 1.24. The molecule has 74 valence electrons. The van der Waals surface area contributed by atoms with E-state index < -0.39 is 0 Å². The number of hydrogen-bond donors (Lipinski definition) is 0. The second-order valence-corrected chi connectivity index (χ2v) is 3.60. The van der Waals surface area contributed by atoms with E-state index in [4.69, 9.17) is 4.74 Å².